The van der Waals surface area contributed by atoms with Gasteiger partial charge in [0.25, 0.3) is 0 Å². The van der Waals surface area contributed by atoms with Crippen LogP contribution in [0, 0.1) is 11.8 Å². The lowest BCUT2D eigenvalue weighted by molar-refractivity contribution is -0.143. The first-order chi connectivity index (χ1) is 8.60. The number of thioether (sulfide) groups is 1. The van der Waals surface area contributed by atoms with Crippen molar-refractivity contribution in [1.29, 1.82) is 0 Å². The van der Waals surface area contributed by atoms with Gasteiger partial charge in [0, 0.05) is 5.25 Å². The number of carbonyl (C=O) groups is 1. The second-order valence-electron chi connectivity index (χ2n) is 5.49. The molecule has 0 spiro atoms. The standard InChI is InChI=1S/C13H22N2O2S/c1-8(2)6-10(12(16)17-3)15-13-14-7-11(18-13)9-4-5-9/h8-11H,4-7H2,1-3H3,(H,14,15). The minimum atomic E-state index is -0.265. The fourth-order valence-corrected chi connectivity index (χ4v) is 3.42. The zero-order valence-electron chi connectivity index (χ0n) is 11.3. The van der Waals surface area contributed by atoms with E-state index in [4.69, 9.17) is 4.74 Å². The van der Waals surface area contributed by atoms with E-state index in [9.17, 15) is 4.79 Å². The number of aliphatic imine (C=N–C) groups is 1. The van der Waals surface area contributed by atoms with Crippen LogP contribution in [0.4, 0.5) is 0 Å². The van der Waals surface area contributed by atoms with Gasteiger partial charge in [-0.1, -0.05) is 25.6 Å². The number of ether oxygens (including phenoxy) is 1. The van der Waals surface area contributed by atoms with Gasteiger partial charge in [-0.2, -0.15) is 0 Å². The molecule has 0 bridgehead atoms. The number of esters is 1. The van der Waals surface area contributed by atoms with Crippen LogP contribution in [-0.2, 0) is 9.53 Å². The van der Waals surface area contributed by atoms with E-state index in [0.29, 0.717) is 11.2 Å². The van der Waals surface area contributed by atoms with Gasteiger partial charge in [0.2, 0.25) is 0 Å². The average molecular weight is 270 g/mol. The van der Waals surface area contributed by atoms with Crippen LogP contribution < -0.4 is 5.32 Å². The molecule has 1 saturated carbocycles. The Kier molecular flexibility index (Phi) is 4.54. The van der Waals surface area contributed by atoms with E-state index in [2.05, 4.69) is 24.2 Å². The number of hydrogen-bond donors (Lipinski definition) is 1. The Morgan fingerprint density at radius 1 is 1.56 bits per heavy atom. The normalized spacial score (nSPS) is 24.9. The van der Waals surface area contributed by atoms with Crippen molar-refractivity contribution in [3.63, 3.8) is 0 Å². The largest absolute Gasteiger partial charge is 0.467 e. The van der Waals surface area contributed by atoms with Crippen LogP contribution in [0.1, 0.15) is 33.1 Å². The van der Waals surface area contributed by atoms with Crippen molar-refractivity contribution in [2.24, 2.45) is 16.8 Å². The number of rotatable bonds is 5. The molecule has 0 aromatic heterocycles. The topological polar surface area (TPSA) is 50.7 Å². The summed E-state index contributed by atoms with van der Waals surface area (Å²) in [7, 11) is 1.44. The van der Waals surface area contributed by atoms with Gasteiger partial charge in [0.15, 0.2) is 5.17 Å². The molecule has 2 unspecified atom stereocenters. The molecule has 0 amide bonds. The van der Waals surface area contributed by atoms with Crippen molar-refractivity contribution in [3.05, 3.63) is 0 Å². The second-order valence-corrected chi connectivity index (χ2v) is 6.72. The fraction of sp³-hybridized carbons (Fsp3) is 0.846. The van der Waals surface area contributed by atoms with Crippen LogP contribution in [0.2, 0.25) is 0 Å². The van der Waals surface area contributed by atoms with Crippen molar-refractivity contribution in [2.45, 2.75) is 44.4 Å². The summed E-state index contributed by atoms with van der Waals surface area (Å²) < 4.78 is 4.84. The maximum atomic E-state index is 11.7. The third-order valence-electron chi connectivity index (χ3n) is 3.32. The minimum Gasteiger partial charge on any atom is -0.467 e. The third kappa shape index (κ3) is 3.64. The van der Waals surface area contributed by atoms with E-state index in [0.717, 1.165) is 24.1 Å². The van der Waals surface area contributed by atoms with Gasteiger partial charge < -0.3 is 10.1 Å². The Hall–Kier alpha value is -0.710. The molecule has 1 N–H and O–H groups in total. The third-order valence-corrected chi connectivity index (χ3v) is 4.62. The molecule has 0 radical (unpaired) electrons. The number of nitrogens with zero attached hydrogens (tertiary/aromatic N) is 1. The molecule has 18 heavy (non-hydrogen) atoms. The highest BCUT2D eigenvalue weighted by Gasteiger charge is 2.36. The lowest BCUT2D eigenvalue weighted by atomic mass is 10.0. The molecule has 2 rings (SSSR count). The number of methoxy groups -OCH3 is 1. The van der Waals surface area contributed by atoms with Gasteiger partial charge >= 0.3 is 5.97 Å². The SMILES string of the molecule is COC(=O)C(CC(C)C)NC1=NCC(C2CC2)S1. The van der Waals surface area contributed by atoms with Gasteiger partial charge in [-0.25, -0.2) is 4.79 Å². The molecule has 1 fully saturated rings. The Labute approximate surface area is 113 Å². The first kappa shape index (κ1) is 13.7. The molecule has 4 nitrogen and oxygen atoms in total. The molecule has 102 valence electrons. The molecule has 1 heterocycles. The van der Waals surface area contributed by atoms with Crippen molar-refractivity contribution in [1.82, 2.24) is 5.32 Å². The summed E-state index contributed by atoms with van der Waals surface area (Å²) in [6.45, 7) is 5.11. The summed E-state index contributed by atoms with van der Waals surface area (Å²) in [6, 6.07) is -0.265. The van der Waals surface area contributed by atoms with E-state index >= 15 is 0 Å². The molecule has 2 atom stereocenters. The highest BCUT2D eigenvalue weighted by molar-refractivity contribution is 8.14. The van der Waals surface area contributed by atoms with Crippen LogP contribution in [0.3, 0.4) is 0 Å². The molecule has 0 saturated heterocycles. The van der Waals surface area contributed by atoms with E-state index in [-0.39, 0.29) is 12.0 Å². The van der Waals surface area contributed by atoms with Crippen molar-refractivity contribution < 1.29 is 9.53 Å². The predicted octanol–water partition coefficient (Wildman–Crippen LogP) is 2.05. The number of carbonyl (C=O) groups excluding carboxylic acids is 1. The first-order valence-corrected chi connectivity index (χ1v) is 7.53. The number of amidine groups is 1. The van der Waals surface area contributed by atoms with Crippen LogP contribution >= 0.6 is 11.8 Å². The number of hydrogen-bond acceptors (Lipinski definition) is 5. The number of nitrogens with one attached hydrogen (secondary N) is 1. The quantitative estimate of drug-likeness (QED) is 0.777. The Bertz CT molecular complexity index is 340. The summed E-state index contributed by atoms with van der Waals surface area (Å²) in [5.41, 5.74) is 0. The molecule has 5 heteroatoms. The predicted molar refractivity (Wildman–Crippen MR) is 74.8 cm³/mol. The van der Waals surface area contributed by atoms with Gasteiger partial charge in [0.05, 0.1) is 13.7 Å². The molecule has 2 aliphatic rings. The van der Waals surface area contributed by atoms with Gasteiger partial charge in [0.1, 0.15) is 6.04 Å². The molecule has 0 aromatic carbocycles. The summed E-state index contributed by atoms with van der Waals surface area (Å²) in [5.74, 6) is 1.11. The molecule has 1 aliphatic carbocycles. The van der Waals surface area contributed by atoms with Crippen molar-refractivity contribution >= 4 is 22.9 Å². The lowest BCUT2D eigenvalue weighted by Crippen LogP contribution is -2.41. The summed E-state index contributed by atoms with van der Waals surface area (Å²) in [4.78, 5) is 16.2. The van der Waals surface area contributed by atoms with Crippen LogP contribution in [0.25, 0.3) is 0 Å². The molecule has 1 aliphatic heterocycles. The second kappa shape index (κ2) is 5.95. The monoisotopic (exact) mass is 270 g/mol. The highest BCUT2D eigenvalue weighted by atomic mass is 32.2. The lowest BCUT2D eigenvalue weighted by Gasteiger charge is -2.19. The zero-order valence-corrected chi connectivity index (χ0v) is 12.1. The first-order valence-electron chi connectivity index (χ1n) is 6.65. The fourth-order valence-electron chi connectivity index (χ4n) is 2.16. The summed E-state index contributed by atoms with van der Waals surface area (Å²) in [6.07, 6.45) is 3.46. The molecule has 0 aromatic rings. The minimum absolute atomic E-state index is 0.193. The van der Waals surface area contributed by atoms with Crippen LogP contribution in [-0.4, -0.2) is 36.1 Å². The Morgan fingerprint density at radius 2 is 2.28 bits per heavy atom. The van der Waals surface area contributed by atoms with Gasteiger partial charge in [-0.05, 0) is 31.1 Å². The van der Waals surface area contributed by atoms with E-state index in [1.165, 1.54) is 20.0 Å². The summed E-state index contributed by atoms with van der Waals surface area (Å²) >= 11 is 1.80. The van der Waals surface area contributed by atoms with Gasteiger partial charge in [-0.15, -0.1) is 0 Å². The summed E-state index contributed by atoms with van der Waals surface area (Å²) in [5, 5.41) is 4.80. The average Bonchev–Trinajstić information content (AvgIpc) is 3.08. The van der Waals surface area contributed by atoms with E-state index in [1.54, 1.807) is 11.8 Å². The van der Waals surface area contributed by atoms with Crippen molar-refractivity contribution in [2.75, 3.05) is 13.7 Å². The smallest absolute Gasteiger partial charge is 0.328 e. The van der Waals surface area contributed by atoms with E-state index < -0.39 is 0 Å². The Balaban J connectivity index is 1.86. The maximum Gasteiger partial charge on any atom is 0.328 e. The van der Waals surface area contributed by atoms with Crippen LogP contribution in [0.5, 0.6) is 0 Å². The highest BCUT2D eigenvalue weighted by Crippen LogP contribution is 2.41. The van der Waals surface area contributed by atoms with E-state index in [1.807, 2.05) is 0 Å². The Morgan fingerprint density at radius 3 is 2.83 bits per heavy atom. The molecular formula is C13H22N2O2S. The van der Waals surface area contributed by atoms with Crippen LogP contribution in [0.15, 0.2) is 4.99 Å². The van der Waals surface area contributed by atoms with Crippen molar-refractivity contribution in [3.8, 4) is 0 Å². The van der Waals surface area contributed by atoms with Gasteiger partial charge in [-0.3, -0.25) is 4.99 Å². The molecular weight excluding hydrogens is 248 g/mol. The zero-order chi connectivity index (χ0) is 13.1. The maximum absolute atomic E-state index is 11.7.